The fourth-order valence-electron chi connectivity index (χ4n) is 0.375. The van der Waals surface area contributed by atoms with Crippen LogP contribution in [0.1, 0.15) is 12.8 Å². The van der Waals surface area contributed by atoms with E-state index in [1.165, 1.54) is 6.08 Å². The maximum atomic E-state index is 8.33. The second-order valence-corrected chi connectivity index (χ2v) is 1.80. The van der Waals surface area contributed by atoms with Crippen LogP contribution in [0.4, 0.5) is 0 Å². The van der Waals surface area contributed by atoms with E-state index < -0.39 is 5.97 Å². The minimum Gasteiger partial charge on any atom is -0.344 e. The lowest BCUT2D eigenvalue weighted by atomic mass is 10.3. The van der Waals surface area contributed by atoms with Crippen molar-refractivity contribution in [1.82, 2.24) is 0 Å². The lowest BCUT2D eigenvalue weighted by molar-refractivity contribution is -0.313. The summed E-state index contributed by atoms with van der Waals surface area (Å²) in [5, 5.41) is 25.0. The summed E-state index contributed by atoms with van der Waals surface area (Å²) in [6.45, 7) is 3.33. The zero-order chi connectivity index (χ0) is 8.04. The van der Waals surface area contributed by atoms with E-state index >= 15 is 0 Å². The van der Waals surface area contributed by atoms with Crippen LogP contribution in [0.25, 0.3) is 0 Å². The number of hydrogen-bond acceptors (Lipinski definition) is 3. The normalized spacial score (nSPS) is 9.90. The van der Waals surface area contributed by atoms with Gasteiger partial charge in [-0.2, -0.15) is 0 Å². The van der Waals surface area contributed by atoms with Crippen LogP contribution in [-0.4, -0.2) is 21.3 Å². The van der Waals surface area contributed by atoms with Crippen molar-refractivity contribution >= 4 is 0 Å². The van der Waals surface area contributed by atoms with E-state index in [0.717, 1.165) is 0 Å². The largest absolute Gasteiger partial charge is 0.344 e. The summed E-state index contributed by atoms with van der Waals surface area (Å²) in [6.07, 6.45) is 1.46. The Bertz CT molecular complexity index is 156. The first-order valence-electron chi connectivity index (χ1n) is 2.82. The van der Waals surface area contributed by atoms with Crippen LogP contribution in [0.2, 0.25) is 0 Å². The van der Waals surface area contributed by atoms with Gasteiger partial charge in [0.25, 0.3) is 5.97 Å². The first kappa shape index (κ1) is 9.18. The number of aliphatic hydroxyl groups is 3. The van der Waals surface area contributed by atoms with Gasteiger partial charge in [0.05, 0.1) is 0 Å². The summed E-state index contributed by atoms with van der Waals surface area (Å²) >= 11 is 0. The molecule has 10 heavy (non-hydrogen) atoms. The predicted molar refractivity (Wildman–Crippen MR) is 36.6 cm³/mol. The van der Waals surface area contributed by atoms with Gasteiger partial charge >= 0.3 is 0 Å². The minimum absolute atomic E-state index is 0.173. The molecular weight excluding hydrogens is 132 g/mol. The molecule has 0 saturated heterocycles. The van der Waals surface area contributed by atoms with Gasteiger partial charge in [-0.1, -0.05) is 18.4 Å². The van der Waals surface area contributed by atoms with Crippen molar-refractivity contribution in [2.75, 3.05) is 0 Å². The SMILES string of the molecule is C=CC#CCCC(O)(O)O. The molecule has 0 amide bonds. The minimum atomic E-state index is -2.59. The van der Waals surface area contributed by atoms with E-state index in [-0.39, 0.29) is 12.8 Å². The highest BCUT2D eigenvalue weighted by Gasteiger charge is 2.15. The van der Waals surface area contributed by atoms with Crippen molar-refractivity contribution in [3.05, 3.63) is 12.7 Å². The monoisotopic (exact) mass is 142 g/mol. The molecule has 0 saturated carbocycles. The zero-order valence-corrected chi connectivity index (χ0v) is 5.54. The van der Waals surface area contributed by atoms with Crippen molar-refractivity contribution < 1.29 is 15.3 Å². The van der Waals surface area contributed by atoms with Crippen LogP contribution in [0.3, 0.4) is 0 Å². The number of allylic oxidation sites excluding steroid dienone is 1. The van der Waals surface area contributed by atoms with Crippen LogP contribution in [0.5, 0.6) is 0 Å². The van der Waals surface area contributed by atoms with Crippen molar-refractivity contribution in [2.24, 2.45) is 0 Å². The summed E-state index contributed by atoms with van der Waals surface area (Å²) in [5.41, 5.74) is 0. The van der Waals surface area contributed by atoms with Crippen LogP contribution >= 0.6 is 0 Å². The number of hydrogen-bond donors (Lipinski definition) is 3. The average Bonchev–Trinajstić information content (AvgIpc) is 1.78. The maximum Gasteiger partial charge on any atom is 0.276 e. The lowest BCUT2D eigenvalue weighted by Crippen LogP contribution is -2.26. The van der Waals surface area contributed by atoms with Gasteiger partial charge in [0, 0.05) is 12.8 Å². The van der Waals surface area contributed by atoms with Crippen molar-refractivity contribution in [2.45, 2.75) is 18.8 Å². The molecule has 0 spiro atoms. The van der Waals surface area contributed by atoms with Gasteiger partial charge in [-0.05, 0) is 6.08 Å². The highest BCUT2D eigenvalue weighted by atomic mass is 16.7. The molecule has 3 nitrogen and oxygen atoms in total. The van der Waals surface area contributed by atoms with E-state index in [0.29, 0.717) is 0 Å². The van der Waals surface area contributed by atoms with Gasteiger partial charge in [-0.3, -0.25) is 0 Å². The molecule has 0 fully saturated rings. The van der Waals surface area contributed by atoms with Gasteiger partial charge in [0.1, 0.15) is 0 Å². The Morgan fingerprint density at radius 2 is 2.00 bits per heavy atom. The fraction of sp³-hybridized carbons (Fsp3) is 0.429. The Balaban J connectivity index is 3.46. The second-order valence-electron chi connectivity index (χ2n) is 1.80. The smallest absolute Gasteiger partial charge is 0.276 e. The molecule has 0 aliphatic carbocycles. The summed E-state index contributed by atoms with van der Waals surface area (Å²) in [5.74, 6) is 2.46. The van der Waals surface area contributed by atoms with Gasteiger partial charge in [0.2, 0.25) is 0 Å². The molecule has 3 N–H and O–H groups in total. The molecule has 0 aromatic carbocycles. The van der Waals surface area contributed by atoms with Crippen LogP contribution in [0, 0.1) is 11.8 Å². The predicted octanol–water partition coefficient (Wildman–Crippen LogP) is -0.413. The van der Waals surface area contributed by atoms with Crippen molar-refractivity contribution in [3.8, 4) is 11.8 Å². The average molecular weight is 142 g/mol. The Hall–Kier alpha value is -0.820. The number of rotatable bonds is 2. The van der Waals surface area contributed by atoms with E-state index in [1.807, 2.05) is 0 Å². The van der Waals surface area contributed by atoms with Gasteiger partial charge in [-0.15, -0.1) is 0 Å². The third-order valence-electron chi connectivity index (χ3n) is 0.790. The van der Waals surface area contributed by atoms with Crippen molar-refractivity contribution in [1.29, 1.82) is 0 Å². The highest BCUT2D eigenvalue weighted by Crippen LogP contribution is 2.01. The molecule has 0 aliphatic heterocycles. The maximum absolute atomic E-state index is 8.33. The summed E-state index contributed by atoms with van der Waals surface area (Å²) in [6, 6.07) is 0. The molecule has 0 unspecified atom stereocenters. The third kappa shape index (κ3) is 7.18. The first-order chi connectivity index (χ1) is 4.56. The van der Waals surface area contributed by atoms with Crippen LogP contribution in [-0.2, 0) is 0 Å². The van der Waals surface area contributed by atoms with E-state index in [9.17, 15) is 0 Å². The lowest BCUT2D eigenvalue weighted by Gasteiger charge is -2.10. The molecule has 0 heterocycles. The zero-order valence-electron chi connectivity index (χ0n) is 5.54. The Labute approximate surface area is 59.6 Å². The standard InChI is InChI=1S/C7H10O3/c1-2-3-4-5-6-7(8,9)10/h2,8-10H,1,5-6H2. The summed E-state index contributed by atoms with van der Waals surface area (Å²) in [4.78, 5) is 0. The Morgan fingerprint density at radius 1 is 1.40 bits per heavy atom. The van der Waals surface area contributed by atoms with Gasteiger partial charge in [0.15, 0.2) is 0 Å². The second kappa shape index (κ2) is 4.07. The molecule has 3 heteroatoms. The van der Waals surface area contributed by atoms with Crippen LogP contribution in [0.15, 0.2) is 12.7 Å². The summed E-state index contributed by atoms with van der Waals surface area (Å²) in [7, 11) is 0. The first-order valence-corrected chi connectivity index (χ1v) is 2.82. The molecule has 0 aromatic heterocycles. The molecule has 0 bridgehead atoms. The van der Waals surface area contributed by atoms with E-state index in [4.69, 9.17) is 15.3 Å². The van der Waals surface area contributed by atoms with Gasteiger partial charge < -0.3 is 15.3 Å². The van der Waals surface area contributed by atoms with Crippen LogP contribution < -0.4 is 0 Å². The quantitative estimate of drug-likeness (QED) is 0.362. The molecule has 0 radical (unpaired) electrons. The molecule has 56 valence electrons. The molecular formula is C7H10O3. The van der Waals surface area contributed by atoms with Gasteiger partial charge in [-0.25, -0.2) is 0 Å². The fourth-order valence-corrected chi connectivity index (χ4v) is 0.375. The van der Waals surface area contributed by atoms with E-state index in [1.54, 1.807) is 0 Å². The Kier molecular flexibility index (Phi) is 3.74. The molecule has 0 rings (SSSR count). The van der Waals surface area contributed by atoms with E-state index in [2.05, 4.69) is 18.4 Å². The molecule has 0 aromatic rings. The highest BCUT2D eigenvalue weighted by molar-refractivity contribution is 5.11. The Morgan fingerprint density at radius 3 is 2.40 bits per heavy atom. The molecule has 0 aliphatic rings. The topological polar surface area (TPSA) is 60.7 Å². The summed E-state index contributed by atoms with van der Waals surface area (Å²) < 4.78 is 0. The molecule has 0 atom stereocenters. The third-order valence-corrected chi connectivity index (χ3v) is 0.790. The van der Waals surface area contributed by atoms with Crippen molar-refractivity contribution in [3.63, 3.8) is 0 Å².